The van der Waals surface area contributed by atoms with E-state index in [2.05, 4.69) is 5.32 Å². The molecule has 19 heavy (non-hydrogen) atoms. The van der Waals surface area contributed by atoms with E-state index in [0.717, 1.165) is 25.3 Å². The van der Waals surface area contributed by atoms with Crippen LogP contribution in [0.1, 0.15) is 17.9 Å². The number of sulfone groups is 1. The number of hydrogen-bond acceptors (Lipinski definition) is 4. The van der Waals surface area contributed by atoms with Crippen molar-refractivity contribution in [3.63, 3.8) is 0 Å². The second-order valence-electron chi connectivity index (χ2n) is 4.59. The number of rotatable bonds is 3. The molecule has 0 saturated carbocycles. The largest absolute Gasteiger partial charge is 0.493 e. The molecule has 1 saturated heterocycles. The van der Waals surface area contributed by atoms with Gasteiger partial charge in [0.2, 0.25) is 0 Å². The van der Waals surface area contributed by atoms with Crippen LogP contribution in [0.25, 0.3) is 0 Å². The monoisotopic (exact) mass is 291 g/mol. The molecule has 0 bridgehead atoms. The van der Waals surface area contributed by atoms with E-state index in [9.17, 15) is 17.2 Å². The fraction of sp³-hybridized carbons (Fsp3) is 0.500. The third kappa shape index (κ3) is 2.57. The van der Waals surface area contributed by atoms with Gasteiger partial charge in [0.05, 0.1) is 7.11 Å². The normalized spacial score (nSPS) is 19.7. The summed E-state index contributed by atoms with van der Waals surface area (Å²) >= 11 is 0. The quantitative estimate of drug-likeness (QED) is 0.916. The van der Waals surface area contributed by atoms with E-state index >= 15 is 0 Å². The van der Waals surface area contributed by atoms with Gasteiger partial charge in [-0.25, -0.2) is 17.2 Å². The maximum Gasteiger partial charge on any atom is 0.186 e. The SMILES string of the molecule is COc1c(C2CCNC2)cc(F)c(S(C)(=O)=O)c1F. The second-order valence-corrected chi connectivity index (χ2v) is 6.54. The number of hydrogen-bond donors (Lipinski definition) is 1. The van der Waals surface area contributed by atoms with Crippen molar-refractivity contribution in [1.82, 2.24) is 5.32 Å². The minimum absolute atomic E-state index is 0.0763. The lowest BCUT2D eigenvalue weighted by atomic mass is 9.97. The van der Waals surface area contributed by atoms with Crippen LogP contribution in [0, 0.1) is 11.6 Å². The van der Waals surface area contributed by atoms with E-state index in [-0.39, 0.29) is 11.7 Å². The highest BCUT2D eigenvalue weighted by atomic mass is 32.2. The summed E-state index contributed by atoms with van der Waals surface area (Å²) in [7, 11) is -2.74. The maximum absolute atomic E-state index is 14.2. The van der Waals surface area contributed by atoms with Crippen LogP contribution in [0.5, 0.6) is 5.75 Å². The van der Waals surface area contributed by atoms with Gasteiger partial charge in [-0.05, 0) is 19.0 Å². The number of ether oxygens (including phenoxy) is 1. The van der Waals surface area contributed by atoms with Gasteiger partial charge in [0.15, 0.2) is 21.4 Å². The predicted molar refractivity (Wildman–Crippen MR) is 66.2 cm³/mol. The van der Waals surface area contributed by atoms with Crippen LogP contribution < -0.4 is 10.1 Å². The third-order valence-corrected chi connectivity index (χ3v) is 4.35. The molecule has 0 spiro atoms. The predicted octanol–water partition coefficient (Wildman–Crippen LogP) is 1.45. The van der Waals surface area contributed by atoms with Crippen LogP contribution in [0.15, 0.2) is 11.0 Å². The van der Waals surface area contributed by atoms with Gasteiger partial charge in [-0.2, -0.15) is 0 Å². The average molecular weight is 291 g/mol. The number of halogens is 2. The molecule has 1 aliphatic heterocycles. The van der Waals surface area contributed by atoms with E-state index < -0.39 is 26.4 Å². The highest BCUT2D eigenvalue weighted by Gasteiger charge is 2.30. The Labute approximate surface area is 110 Å². The summed E-state index contributed by atoms with van der Waals surface area (Å²) in [5.41, 5.74) is 0.370. The molecule has 2 rings (SSSR count). The van der Waals surface area contributed by atoms with Gasteiger partial charge in [0, 0.05) is 24.3 Å². The lowest BCUT2D eigenvalue weighted by Gasteiger charge is -2.16. The van der Waals surface area contributed by atoms with Crippen molar-refractivity contribution in [3.8, 4) is 5.75 Å². The first-order valence-corrected chi connectivity index (χ1v) is 7.72. The van der Waals surface area contributed by atoms with Crippen molar-refractivity contribution >= 4 is 9.84 Å². The number of benzene rings is 1. The molecule has 1 heterocycles. The summed E-state index contributed by atoms with van der Waals surface area (Å²) in [6.45, 7) is 1.35. The van der Waals surface area contributed by atoms with Crippen molar-refractivity contribution in [2.45, 2.75) is 17.2 Å². The molecule has 1 fully saturated rings. The molecule has 1 N–H and O–H groups in total. The molecule has 7 heteroatoms. The summed E-state index contributed by atoms with van der Waals surface area (Å²) in [5, 5.41) is 3.09. The van der Waals surface area contributed by atoms with Gasteiger partial charge in [-0.3, -0.25) is 0 Å². The first kappa shape index (κ1) is 14.2. The third-order valence-electron chi connectivity index (χ3n) is 3.24. The first-order chi connectivity index (χ1) is 8.86. The second kappa shape index (κ2) is 5.05. The van der Waals surface area contributed by atoms with Crippen LogP contribution >= 0.6 is 0 Å². The Hall–Kier alpha value is -1.21. The molecule has 1 unspecified atom stereocenters. The van der Waals surface area contributed by atoms with Crippen molar-refractivity contribution in [2.75, 3.05) is 26.5 Å². The Morgan fingerprint density at radius 1 is 1.42 bits per heavy atom. The van der Waals surface area contributed by atoms with Crippen LogP contribution in [0.4, 0.5) is 8.78 Å². The Bertz CT molecular complexity index is 595. The minimum Gasteiger partial charge on any atom is -0.493 e. The maximum atomic E-state index is 14.2. The van der Waals surface area contributed by atoms with Gasteiger partial charge in [0.1, 0.15) is 10.7 Å². The molecule has 1 aliphatic rings. The van der Waals surface area contributed by atoms with E-state index in [1.54, 1.807) is 0 Å². The fourth-order valence-electron chi connectivity index (χ4n) is 2.37. The molecule has 0 amide bonds. The van der Waals surface area contributed by atoms with Gasteiger partial charge in [0.25, 0.3) is 0 Å². The summed E-state index contributed by atoms with van der Waals surface area (Å²) in [4.78, 5) is -0.931. The smallest absolute Gasteiger partial charge is 0.186 e. The summed E-state index contributed by atoms with van der Waals surface area (Å²) in [6, 6.07) is 1.07. The Kier molecular flexibility index (Phi) is 3.78. The van der Waals surface area contributed by atoms with E-state index in [4.69, 9.17) is 4.74 Å². The van der Waals surface area contributed by atoms with Gasteiger partial charge in [-0.15, -0.1) is 0 Å². The topological polar surface area (TPSA) is 55.4 Å². The van der Waals surface area contributed by atoms with Gasteiger partial charge >= 0.3 is 0 Å². The van der Waals surface area contributed by atoms with Crippen molar-refractivity contribution < 1.29 is 21.9 Å². The molecule has 106 valence electrons. The van der Waals surface area contributed by atoms with Crippen LogP contribution in [0.3, 0.4) is 0 Å². The molecule has 0 aromatic heterocycles. The highest BCUT2D eigenvalue weighted by Crippen LogP contribution is 2.37. The molecule has 1 aromatic rings. The number of nitrogens with one attached hydrogen (secondary N) is 1. The molecule has 1 atom stereocenters. The summed E-state index contributed by atoms with van der Waals surface area (Å²) in [6.07, 6.45) is 1.50. The lowest BCUT2D eigenvalue weighted by molar-refractivity contribution is 0.366. The zero-order chi connectivity index (χ0) is 14.2. The molecule has 0 aliphatic carbocycles. The van der Waals surface area contributed by atoms with E-state index in [0.29, 0.717) is 12.1 Å². The zero-order valence-corrected chi connectivity index (χ0v) is 11.5. The Balaban J connectivity index is 2.65. The van der Waals surface area contributed by atoms with Crippen molar-refractivity contribution in [3.05, 3.63) is 23.3 Å². The van der Waals surface area contributed by atoms with Crippen molar-refractivity contribution in [1.29, 1.82) is 0 Å². The van der Waals surface area contributed by atoms with E-state index in [1.165, 1.54) is 7.11 Å². The molecule has 4 nitrogen and oxygen atoms in total. The van der Waals surface area contributed by atoms with E-state index in [1.807, 2.05) is 0 Å². The molecule has 0 radical (unpaired) electrons. The minimum atomic E-state index is -3.98. The highest BCUT2D eigenvalue weighted by molar-refractivity contribution is 7.90. The first-order valence-electron chi connectivity index (χ1n) is 5.83. The Morgan fingerprint density at radius 3 is 2.58 bits per heavy atom. The summed E-state index contributed by atoms with van der Waals surface area (Å²) < 4.78 is 55.9. The van der Waals surface area contributed by atoms with Crippen molar-refractivity contribution in [2.24, 2.45) is 0 Å². The molecule has 1 aromatic carbocycles. The average Bonchev–Trinajstić information content (AvgIpc) is 2.79. The zero-order valence-electron chi connectivity index (χ0n) is 10.7. The standard InChI is InChI=1S/C12H15F2NO3S/c1-18-11-8(7-3-4-15-6-7)5-9(13)12(10(11)14)19(2,16)17/h5,7,15H,3-4,6H2,1-2H3. The Morgan fingerprint density at radius 2 is 2.11 bits per heavy atom. The van der Waals surface area contributed by atoms with Crippen LogP contribution in [0.2, 0.25) is 0 Å². The fourth-order valence-corrected chi connectivity index (χ4v) is 3.20. The van der Waals surface area contributed by atoms with Gasteiger partial charge in [-0.1, -0.05) is 0 Å². The molecular formula is C12H15F2NO3S. The van der Waals surface area contributed by atoms with Crippen LogP contribution in [-0.2, 0) is 9.84 Å². The lowest BCUT2D eigenvalue weighted by Crippen LogP contribution is -2.12. The summed E-state index contributed by atoms with van der Waals surface area (Å²) in [5.74, 6) is -2.47. The van der Waals surface area contributed by atoms with Gasteiger partial charge < -0.3 is 10.1 Å². The van der Waals surface area contributed by atoms with Crippen LogP contribution in [-0.4, -0.2) is 34.9 Å². The molecular weight excluding hydrogens is 276 g/mol. The number of methoxy groups -OCH3 is 1.